The third-order valence-corrected chi connectivity index (χ3v) is 4.88. The van der Waals surface area contributed by atoms with Crippen LogP contribution in [-0.4, -0.2) is 29.2 Å². The second-order valence-electron chi connectivity index (χ2n) is 6.97. The van der Waals surface area contributed by atoms with Crippen LogP contribution in [-0.2, 0) is 11.3 Å². The topological polar surface area (TPSA) is 26.6 Å². The zero-order valence-electron chi connectivity index (χ0n) is 16.0. The summed E-state index contributed by atoms with van der Waals surface area (Å²) >= 11 is 0. The van der Waals surface area contributed by atoms with Gasteiger partial charge in [-0.15, -0.1) is 0 Å². The Bertz CT molecular complexity index is 903. The van der Waals surface area contributed by atoms with Gasteiger partial charge in [-0.1, -0.05) is 35.9 Å². The standard InChI is InChI=1S/C23H26N2O2/c1-3-26-22-9-5-8-21(15-22)24-11-10-20(17-24)23-25(12-13-27-23)16-19-7-4-6-18(2)14-19/h4-11,14-15,17,23H,3,12-13,16H2,1-2H3/t23-/m0/s1. The highest BCUT2D eigenvalue weighted by atomic mass is 16.5. The summed E-state index contributed by atoms with van der Waals surface area (Å²) in [7, 11) is 0. The van der Waals surface area contributed by atoms with Crippen molar-refractivity contribution in [1.29, 1.82) is 0 Å². The summed E-state index contributed by atoms with van der Waals surface area (Å²) < 4.78 is 13.8. The Morgan fingerprint density at radius 2 is 2.00 bits per heavy atom. The molecule has 0 spiro atoms. The van der Waals surface area contributed by atoms with Crippen molar-refractivity contribution in [3.05, 3.63) is 83.7 Å². The molecule has 0 saturated carbocycles. The number of aromatic nitrogens is 1. The number of hydrogen-bond donors (Lipinski definition) is 0. The maximum Gasteiger partial charge on any atom is 0.138 e. The molecule has 0 bridgehead atoms. The average Bonchev–Trinajstić information content (AvgIpc) is 3.31. The lowest BCUT2D eigenvalue weighted by Crippen LogP contribution is -2.23. The van der Waals surface area contributed by atoms with Gasteiger partial charge in [0.1, 0.15) is 12.0 Å². The Morgan fingerprint density at radius 3 is 2.85 bits per heavy atom. The first-order valence-corrected chi connectivity index (χ1v) is 9.55. The number of ether oxygens (including phenoxy) is 2. The minimum absolute atomic E-state index is 0.00170. The minimum Gasteiger partial charge on any atom is -0.494 e. The summed E-state index contributed by atoms with van der Waals surface area (Å²) in [5.41, 5.74) is 4.90. The van der Waals surface area contributed by atoms with Crippen molar-refractivity contribution in [1.82, 2.24) is 9.47 Å². The van der Waals surface area contributed by atoms with E-state index >= 15 is 0 Å². The number of benzene rings is 2. The van der Waals surface area contributed by atoms with Crippen LogP contribution in [0.15, 0.2) is 67.0 Å². The molecule has 1 atom stereocenters. The molecule has 0 radical (unpaired) electrons. The molecule has 2 heterocycles. The highest BCUT2D eigenvalue weighted by Gasteiger charge is 2.27. The van der Waals surface area contributed by atoms with Crippen molar-refractivity contribution in [3.63, 3.8) is 0 Å². The molecule has 4 rings (SSSR count). The van der Waals surface area contributed by atoms with Gasteiger partial charge < -0.3 is 14.0 Å². The molecule has 0 amide bonds. The van der Waals surface area contributed by atoms with E-state index in [2.05, 4.69) is 71.2 Å². The van der Waals surface area contributed by atoms with E-state index in [0.717, 1.165) is 31.1 Å². The van der Waals surface area contributed by atoms with Crippen LogP contribution in [0.4, 0.5) is 0 Å². The molecule has 0 N–H and O–H groups in total. The molecule has 1 aliphatic heterocycles. The van der Waals surface area contributed by atoms with Crippen LogP contribution in [0.1, 0.15) is 29.8 Å². The van der Waals surface area contributed by atoms with E-state index in [-0.39, 0.29) is 6.23 Å². The summed E-state index contributed by atoms with van der Waals surface area (Å²) in [6, 6.07) is 19.0. The van der Waals surface area contributed by atoms with E-state index in [1.54, 1.807) is 0 Å². The first kappa shape index (κ1) is 17.8. The molecule has 4 nitrogen and oxygen atoms in total. The summed E-state index contributed by atoms with van der Waals surface area (Å²) in [5, 5.41) is 0. The molecule has 140 valence electrons. The van der Waals surface area contributed by atoms with E-state index in [1.165, 1.54) is 16.7 Å². The predicted molar refractivity (Wildman–Crippen MR) is 107 cm³/mol. The van der Waals surface area contributed by atoms with Crippen molar-refractivity contribution < 1.29 is 9.47 Å². The Kier molecular flexibility index (Phi) is 5.28. The second-order valence-corrected chi connectivity index (χ2v) is 6.97. The number of nitrogens with zero attached hydrogens (tertiary/aromatic N) is 2. The summed E-state index contributed by atoms with van der Waals surface area (Å²) in [4.78, 5) is 2.39. The molecular formula is C23H26N2O2. The first-order valence-electron chi connectivity index (χ1n) is 9.55. The maximum atomic E-state index is 6.05. The molecule has 1 saturated heterocycles. The maximum absolute atomic E-state index is 6.05. The highest BCUT2D eigenvalue weighted by molar-refractivity contribution is 5.40. The van der Waals surface area contributed by atoms with Gasteiger partial charge in [0, 0.05) is 42.8 Å². The van der Waals surface area contributed by atoms with Crippen molar-refractivity contribution in [2.75, 3.05) is 19.8 Å². The quantitative estimate of drug-likeness (QED) is 0.635. The van der Waals surface area contributed by atoms with Gasteiger partial charge in [-0.25, -0.2) is 0 Å². The van der Waals surface area contributed by atoms with Crippen LogP contribution < -0.4 is 4.74 Å². The Balaban J connectivity index is 1.52. The highest BCUT2D eigenvalue weighted by Crippen LogP contribution is 2.30. The lowest BCUT2D eigenvalue weighted by molar-refractivity contribution is 0.0288. The molecule has 0 aliphatic carbocycles. The number of hydrogen-bond acceptors (Lipinski definition) is 3. The molecule has 1 aliphatic rings. The fourth-order valence-electron chi connectivity index (χ4n) is 3.64. The van der Waals surface area contributed by atoms with Crippen LogP contribution in [0.2, 0.25) is 0 Å². The molecule has 27 heavy (non-hydrogen) atoms. The molecular weight excluding hydrogens is 336 g/mol. The van der Waals surface area contributed by atoms with E-state index in [0.29, 0.717) is 6.61 Å². The van der Waals surface area contributed by atoms with Crippen molar-refractivity contribution in [3.8, 4) is 11.4 Å². The minimum atomic E-state index is 0.00170. The Morgan fingerprint density at radius 1 is 1.11 bits per heavy atom. The van der Waals surface area contributed by atoms with Gasteiger partial charge >= 0.3 is 0 Å². The third-order valence-electron chi connectivity index (χ3n) is 4.88. The number of aryl methyl sites for hydroxylation is 1. The monoisotopic (exact) mass is 362 g/mol. The summed E-state index contributed by atoms with van der Waals surface area (Å²) in [6.45, 7) is 7.42. The Labute approximate surface area is 161 Å². The summed E-state index contributed by atoms with van der Waals surface area (Å²) in [6.07, 6.45) is 4.25. The van der Waals surface area contributed by atoms with E-state index in [1.807, 2.05) is 19.1 Å². The molecule has 3 aromatic rings. The Hall–Kier alpha value is -2.56. The van der Waals surface area contributed by atoms with Gasteiger partial charge in [-0.2, -0.15) is 0 Å². The molecule has 1 aromatic heterocycles. The van der Waals surface area contributed by atoms with E-state index in [4.69, 9.17) is 9.47 Å². The predicted octanol–water partition coefficient (Wildman–Crippen LogP) is 4.72. The van der Waals surface area contributed by atoms with Gasteiger partial charge in [-0.05, 0) is 37.6 Å². The third kappa shape index (κ3) is 4.07. The van der Waals surface area contributed by atoms with Gasteiger partial charge in [0.25, 0.3) is 0 Å². The van der Waals surface area contributed by atoms with E-state index < -0.39 is 0 Å². The fraction of sp³-hybridized carbons (Fsp3) is 0.304. The SMILES string of the molecule is CCOc1cccc(-n2ccc([C@@H]3OCCN3Cc3cccc(C)c3)c2)c1. The van der Waals surface area contributed by atoms with Crippen LogP contribution in [0.3, 0.4) is 0 Å². The van der Waals surface area contributed by atoms with Crippen LogP contribution in [0, 0.1) is 6.92 Å². The van der Waals surface area contributed by atoms with Crippen LogP contribution >= 0.6 is 0 Å². The van der Waals surface area contributed by atoms with Gasteiger partial charge in [0.2, 0.25) is 0 Å². The first-order chi connectivity index (χ1) is 13.2. The average molecular weight is 362 g/mol. The van der Waals surface area contributed by atoms with Crippen molar-refractivity contribution in [2.24, 2.45) is 0 Å². The smallest absolute Gasteiger partial charge is 0.138 e. The van der Waals surface area contributed by atoms with Crippen LogP contribution in [0.25, 0.3) is 5.69 Å². The zero-order valence-corrected chi connectivity index (χ0v) is 16.0. The van der Waals surface area contributed by atoms with E-state index in [9.17, 15) is 0 Å². The molecule has 0 unspecified atom stereocenters. The molecule has 4 heteroatoms. The van der Waals surface area contributed by atoms with Gasteiger partial charge in [-0.3, -0.25) is 4.90 Å². The second kappa shape index (κ2) is 7.99. The van der Waals surface area contributed by atoms with Crippen molar-refractivity contribution >= 4 is 0 Å². The number of rotatable bonds is 6. The van der Waals surface area contributed by atoms with Crippen molar-refractivity contribution in [2.45, 2.75) is 26.6 Å². The largest absolute Gasteiger partial charge is 0.494 e. The normalized spacial score (nSPS) is 17.3. The molecule has 1 fully saturated rings. The lowest BCUT2D eigenvalue weighted by Gasteiger charge is -2.22. The van der Waals surface area contributed by atoms with Gasteiger partial charge in [0.15, 0.2) is 0 Å². The summed E-state index contributed by atoms with van der Waals surface area (Å²) in [5.74, 6) is 0.892. The van der Waals surface area contributed by atoms with Crippen LogP contribution in [0.5, 0.6) is 5.75 Å². The fourth-order valence-corrected chi connectivity index (χ4v) is 3.64. The lowest BCUT2D eigenvalue weighted by atomic mass is 10.1. The zero-order chi connectivity index (χ0) is 18.6. The molecule has 2 aromatic carbocycles. The van der Waals surface area contributed by atoms with Gasteiger partial charge in [0.05, 0.1) is 13.2 Å².